The highest BCUT2D eigenvalue weighted by molar-refractivity contribution is 5.75. The lowest BCUT2D eigenvalue weighted by Crippen LogP contribution is -2.42. The summed E-state index contributed by atoms with van der Waals surface area (Å²) in [6.07, 6.45) is -0.299. The molecule has 1 rings (SSSR count). The fourth-order valence-electron chi connectivity index (χ4n) is 1.66. The SMILES string of the molecule is COc1ccc(OC(C)CNC(=O)N(C)CCC(=O)O)cc1. The van der Waals surface area contributed by atoms with Crippen LogP contribution in [-0.4, -0.2) is 55.4 Å². The van der Waals surface area contributed by atoms with E-state index in [2.05, 4.69) is 5.32 Å². The van der Waals surface area contributed by atoms with Crippen LogP contribution >= 0.6 is 0 Å². The molecule has 0 aliphatic carbocycles. The largest absolute Gasteiger partial charge is 0.497 e. The van der Waals surface area contributed by atoms with Crippen LogP contribution in [-0.2, 0) is 4.79 Å². The molecule has 0 aliphatic heterocycles. The van der Waals surface area contributed by atoms with Crippen molar-refractivity contribution in [3.8, 4) is 11.5 Å². The second kappa shape index (κ2) is 8.76. The van der Waals surface area contributed by atoms with Gasteiger partial charge in [0.25, 0.3) is 0 Å². The first-order chi connectivity index (χ1) is 10.4. The molecule has 0 spiro atoms. The van der Waals surface area contributed by atoms with Crippen LogP contribution in [0.25, 0.3) is 0 Å². The average molecular weight is 310 g/mol. The number of hydrogen-bond acceptors (Lipinski definition) is 4. The van der Waals surface area contributed by atoms with Crippen molar-refractivity contribution in [2.24, 2.45) is 0 Å². The Hall–Kier alpha value is -2.44. The summed E-state index contributed by atoms with van der Waals surface area (Å²) in [6.45, 7) is 2.32. The molecule has 2 N–H and O–H groups in total. The lowest BCUT2D eigenvalue weighted by atomic mass is 10.3. The van der Waals surface area contributed by atoms with E-state index >= 15 is 0 Å². The van der Waals surface area contributed by atoms with E-state index < -0.39 is 5.97 Å². The van der Waals surface area contributed by atoms with Crippen molar-refractivity contribution in [1.82, 2.24) is 10.2 Å². The maximum atomic E-state index is 11.7. The number of carboxylic acid groups (broad SMARTS) is 1. The molecule has 22 heavy (non-hydrogen) atoms. The number of nitrogens with zero attached hydrogens (tertiary/aromatic N) is 1. The highest BCUT2D eigenvalue weighted by Gasteiger charge is 2.12. The van der Waals surface area contributed by atoms with Crippen LogP contribution in [0, 0.1) is 0 Å². The van der Waals surface area contributed by atoms with Crippen molar-refractivity contribution in [1.29, 1.82) is 0 Å². The molecule has 0 saturated carbocycles. The van der Waals surface area contributed by atoms with Gasteiger partial charge in [-0.25, -0.2) is 4.79 Å². The quantitative estimate of drug-likeness (QED) is 0.761. The molecule has 0 bridgehead atoms. The minimum Gasteiger partial charge on any atom is -0.497 e. The maximum Gasteiger partial charge on any atom is 0.317 e. The first-order valence-electron chi connectivity index (χ1n) is 6.94. The summed E-state index contributed by atoms with van der Waals surface area (Å²) in [5.74, 6) is 0.492. The van der Waals surface area contributed by atoms with Gasteiger partial charge in [-0.1, -0.05) is 0 Å². The number of nitrogens with one attached hydrogen (secondary N) is 1. The van der Waals surface area contributed by atoms with Gasteiger partial charge in [0.1, 0.15) is 17.6 Å². The van der Waals surface area contributed by atoms with E-state index in [4.69, 9.17) is 14.6 Å². The number of aliphatic carboxylic acids is 1. The number of benzene rings is 1. The first kappa shape index (κ1) is 17.6. The summed E-state index contributed by atoms with van der Waals surface area (Å²) in [5, 5.41) is 11.3. The molecule has 0 fully saturated rings. The number of carboxylic acids is 1. The van der Waals surface area contributed by atoms with E-state index in [1.807, 2.05) is 6.92 Å². The average Bonchev–Trinajstić information content (AvgIpc) is 2.50. The third-order valence-corrected chi connectivity index (χ3v) is 2.95. The molecule has 1 unspecified atom stereocenters. The summed E-state index contributed by atoms with van der Waals surface area (Å²) >= 11 is 0. The van der Waals surface area contributed by atoms with Crippen LogP contribution in [0.2, 0.25) is 0 Å². The van der Waals surface area contributed by atoms with E-state index in [1.165, 1.54) is 4.90 Å². The summed E-state index contributed by atoms with van der Waals surface area (Å²) in [6, 6.07) is 6.83. The Morgan fingerprint density at radius 1 is 1.27 bits per heavy atom. The third-order valence-electron chi connectivity index (χ3n) is 2.95. The molecule has 122 valence electrons. The zero-order chi connectivity index (χ0) is 16.5. The smallest absolute Gasteiger partial charge is 0.317 e. The summed E-state index contributed by atoms with van der Waals surface area (Å²) in [5.41, 5.74) is 0. The third kappa shape index (κ3) is 6.34. The summed E-state index contributed by atoms with van der Waals surface area (Å²) < 4.78 is 10.7. The molecule has 0 heterocycles. The van der Waals surface area contributed by atoms with Crippen molar-refractivity contribution in [3.05, 3.63) is 24.3 Å². The van der Waals surface area contributed by atoms with Crippen LogP contribution in [0.15, 0.2) is 24.3 Å². The second-order valence-electron chi connectivity index (χ2n) is 4.86. The molecule has 7 nitrogen and oxygen atoms in total. The van der Waals surface area contributed by atoms with E-state index in [1.54, 1.807) is 38.4 Å². The number of carbonyl (C=O) groups excluding carboxylic acids is 1. The number of ether oxygens (including phenoxy) is 2. The Kier molecular flexibility index (Phi) is 7.01. The Bertz CT molecular complexity index is 489. The van der Waals surface area contributed by atoms with Gasteiger partial charge in [-0.2, -0.15) is 0 Å². The highest BCUT2D eigenvalue weighted by atomic mass is 16.5. The van der Waals surface area contributed by atoms with Crippen molar-refractivity contribution in [2.45, 2.75) is 19.4 Å². The fraction of sp³-hybridized carbons (Fsp3) is 0.467. The van der Waals surface area contributed by atoms with Gasteiger partial charge in [-0.3, -0.25) is 4.79 Å². The fourth-order valence-corrected chi connectivity index (χ4v) is 1.66. The minimum absolute atomic E-state index is 0.0815. The van der Waals surface area contributed by atoms with Crippen LogP contribution in [0.4, 0.5) is 4.79 Å². The van der Waals surface area contributed by atoms with Crippen molar-refractivity contribution < 1.29 is 24.2 Å². The van der Waals surface area contributed by atoms with Gasteiger partial charge >= 0.3 is 12.0 Å². The first-order valence-corrected chi connectivity index (χ1v) is 6.94. The van der Waals surface area contributed by atoms with Gasteiger partial charge in [-0.05, 0) is 31.2 Å². The standard InChI is InChI=1S/C15H22N2O5/c1-11(22-13-6-4-12(21-3)5-7-13)10-16-15(20)17(2)9-8-14(18)19/h4-7,11H,8-10H2,1-3H3,(H,16,20)(H,18,19). The lowest BCUT2D eigenvalue weighted by molar-refractivity contribution is -0.137. The normalized spacial score (nSPS) is 11.4. The lowest BCUT2D eigenvalue weighted by Gasteiger charge is -2.20. The van der Waals surface area contributed by atoms with Gasteiger partial charge in [0, 0.05) is 13.6 Å². The van der Waals surface area contributed by atoms with Crippen LogP contribution in [0.5, 0.6) is 11.5 Å². The highest BCUT2D eigenvalue weighted by Crippen LogP contribution is 2.17. The number of carbonyl (C=O) groups is 2. The predicted molar refractivity (Wildman–Crippen MR) is 81.4 cm³/mol. The van der Waals surface area contributed by atoms with E-state index in [-0.39, 0.29) is 25.1 Å². The Morgan fingerprint density at radius 3 is 2.41 bits per heavy atom. The van der Waals surface area contributed by atoms with Crippen molar-refractivity contribution >= 4 is 12.0 Å². The second-order valence-corrected chi connectivity index (χ2v) is 4.86. The van der Waals surface area contributed by atoms with Crippen molar-refractivity contribution in [3.63, 3.8) is 0 Å². The Morgan fingerprint density at radius 2 is 1.86 bits per heavy atom. The number of hydrogen-bond donors (Lipinski definition) is 2. The number of urea groups is 1. The summed E-state index contributed by atoms with van der Waals surface area (Å²) in [4.78, 5) is 23.5. The van der Waals surface area contributed by atoms with E-state index in [0.29, 0.717) is 12.3 Å². The molecular weight excluding hydrogens is 288 g/mol. The van der Waals surface area contributed by atoms with E-state index in [9.17, 15) is 9.59 Å². The van der Waals surface area contributed by atoms with Crippen LogP contribution < -0.4 is 14.8 Å². The van der Waals surface area contributed by atoms with Gasteiger partial charge in [0.05, 0.1) is 20.1 Å². The Balaban J connectivity index is 2.33. The molecule has 0 radical (unpaired) electrons. The molecule has 1 aromatic carbocycles. The topological polar surface area (TPSA) is 88.1 Å². The van der Waals surface area contributed by atoms with E-state index in [0.717, 1.165) is 5.75 Å². The number of rotatable bonds is 8. The summed E-state index contributed by atoms with van der Waals surface area (Å²) in [7, 11) is 3.14. The molecule has 7 heteroatoms. The number of amides is 2. The molecule has 0 aliphatic rings. The van der Waals surface area contributed by atoms with Crippen molar-refractivity contribution in [2.75, 3.05) is 27.2 Å². The Labute approximate surface area is 129 Å². The molecular formula is C15H22N2O5. The molecule has 0 saturated heterocycles. The van der Waals surface area contributed by atoms with Gasteiger partial charge in [0.2, 0.25) is 0 Å². The maximum absolute atomic E-state index is 11.7. The predicted octanol–water partition coefficient (Wildman–Crippen LogP) is 1.58. The molecule has 1 atom stereocenters. The monoisotopic (exact) mass is 310 g/mol. The van der Waals surface area contributed by atoms with Gasteiger partial charge < -0.3 is 24.8 Å². The van der Waals surface area contributed by atoms with Crippen LogP contribution in [0.3, 0.4) is 0 Å². The van der Waals surface area contributed by atoms with Crippen LogP contribution in [0.1, 0.15) is 13.3 Å². The van der Waals surface area contributed by atoms with Gasteiger partial charge in [0.15, 0.2) is 0 Å². The molecule has 0 aromatic heterocycles. The molecule has 1 aromatic rings. The zero-order valence-electron chi connectivity index (χ0n) is 13.0. The minimum atomic E-state index is -0.934. The molecule has 2 amide bonds. The number of methoxy groups -OCH3 is 1. The van der Waals surface area contributed by atoms with Gasteiger partial charge in [-0.15, -0.1) is 0 Å². The zero-order valence-corrected chi connectivity index (χ0v) is 13.0.